The van der Waals surface area contributed by atoms with Gasteiger partial charge in [0.05, 0.1) is 11.1 Å². The fraction of sp³-hybridized carbons (Fsp3) is 0.364. The number of benzene rings is 2. The average Bonchev–Trinajstić information content (AvgIpc) is 2.64. The smallest absolute Gasteiger partial charge is 0.165 e. The van der Waals surface area contributed by atoms with Crippen LogP contribution in [-0.4, -0.2) is 46.7 Å². The Kier molecular flexibility index (Phi) is 5.91. The number of aromatic hydroxyl groups is 1. The molecule has 1 unspecified atom stereocenters. The van der Waals surface area contributed by atoms with Gasteiger partial charge in [-0.05, 0) is 50.7 Å². The van der Waals surface area contributed by atoms with Gasteiger partial charge in [-0.25, -0.2) is 9.97 Å². The third kappa shape index (κ3) is 4.55. The van der Waals surface area contributed by atoms with Crippen molar-refractivity contribution in [3.63, 3.8) is 0 Å². The summed E-state index contributed by atoms with van der Waals surface area (Å²) < 4.78 is 0. The number of anilines is 1. The highest BCUT2D eigenvalue weighted by atomic mass is 16.3. The first-order chi connectivity index (χ1) is 13.0. The van der Waals surface area contributed by atoms with Crippen LogP contribution in [0.5, 0.6) is 5.75 Å². The molecule has 2 N–H and O–H groups in total. The molecule has 0 aliphatic carbocycles. The molecule has 0 aliphatic heterocycles. The number of nitrogens with zero attached hydrogens (tertiary/aromatic N) is 3. The summed E-state index contributed by atoms with van der Waals surface area (Å²) in [5.74, 6) is 2.14. The first-order valence-corrected chi connectivity index (χ1v) is 9.41. The summed E-state index contributed by atoms with van der Waals surface area (Å²) in [5, 5.41) is 14.7. The molecule has 0 spiro atoms. The number of likely N-dealkylation sites (N-methyl/N-ethyl adjacent to an activating group) is 1. The zero-order chi connectivity index (χ0) is 19.4. The molecule has 0 bridgehead atoms. The molecule has 5 nitrogen and oxygen atoms in total. The van der Waals surface area contributed by atoms with E-state index in [1.165, 1.54) is 0 Å². The average molecular weight is 364 g/mol. The van der Waals surface area contributed by atoms with Gasteiger partial charge in [-0.3, -0.25) is 0 Å². The highest BCUT2D eigenvalue weighted by Crippen LogP contribution is 2.30. The van der Waals surface area contributed by atoms with Crippen molar-refractivity contribution in [1.82, 2.24) is 14.9 Å². The first-order valence-electron chi connectivity index (χ1n) is 9.41. The summed E-state index contributed by atoms with van der Waals surface area (Å²) in [5.41, 5.74) is 1.50. The fourth-order valence-electron chi connectivity index (χ4n) is 3.23. The zero-order valence-corrected chi connectivity index (χ0v) is 16.5. The summed E-state index contributed by atoms with van der Waals surface area (Å²) >= 11 is 0. The van der Waals surface area contributed by atoms with E-state index in [1.54, 1.807) is 12.1 Å². The van der Waals surface area contributed by atoms with Crippen LogP contribution in [0, 0.1) is 5.92 Å². The number of para-hydroxylation sites is 2. The second-order valence-corrected chi connectivity index (χ2v) is 7.56. The number of phenolic OH excluding ortho intramolecular Hbond substituents is 1. The van der Waals surface area contributed by atoms with Crippen molar-refractivity contribution < 1.29 is 5.11 Å². The van der Waals surface area contributed by atoms with Gasteiger partial charge in [0.1, 0.15) is 11.6 Å². The van der Waals surface area contributed by atoms with Crippen molar-refractivity contribution in [3.05, 3.63) is 48.5 Å². The monoisotopic (exact) mass is 364 g/mol. The van der Waals surface area contributed by atoms with Gasteiger partial charge in [-0.1, -0.05) is 38.1 Å². The van der Waals surface area contributed by atoms with Gasteiger partial charge in [0.2, 0.25) is 0 Å². The Bertz CT molecular complexity index is 908. The van der Waals surface area contributed by atoms with E-state index in [0.717, 1.165) is 29.7 Å². The molecule has 1 aromatic heterocycles. The van der Waals surface area contributed by atoms with Crippen LogP contribution in [0.25, 0.3) is 22.3 Å². The number of hydrogen-bond acceptors (Lipinski definition) is 5. The van der Waals surface area contributed by atoms with Crippen LogP contribution in [-0.2, 0) is 0 Å². The summed E-state index contributed by atoms with van der Waals surface area (Å²) in [4.78, 5) is 11.6. The number of aromatic nitrogens is 2. The Labute approximate surface area is 161 Å². The van der Waals surface area contributed by atoms with Crippen molar-refractivity contribution in [1.29, 1.82) is 0 Å². The van der Waals surface area contributed by atoms with E-state index < -0.39 is 0 Å². The topological polar surface area (TPSA) is 61.3 Å². The Balaban J connectivity index is 1.97. The summed E-state index contributed by atoms with van der Waals surface area (Å²) in [6.45, 7) is 5.28. The second kappa shape index (κ2) is 8.35. The van der Waals surface area contributed by atoms with Crippen molar-refractivity contribution in [2.45, 2.75) is 26.3 Å². The van der Waals surface area contributed by atoms with E-state index in [-0.39, 0.29) is 5.75 Å². The number of fused-ring (bicyclic) bond motifs is 1. The lowest BCUT2D eigenvalue weighted by Gasteiger charge is -2.26. The Morgan fingerprint density at radius 2 is 1.70 bits per heavy atom. The molecule has 0 saturated carbocycles. The van der Waals surface area contributed by atoms with Crippen molar-refractivity contribution >= 4 is 16.7 Å². The Morgan fingerprint density at radius 3 is 2.41 bits per heavy atom. The van der Waals surface area contributed by atoms with Crippen LogP contribution in [0.1, 0.15) is 20.3 Å². The number of hydrogen-bond donors (Lipinski definition) is 2. The van der Waals surface area contributed by atoms with Crippen LogP contribution >= 0.6 is 0 Å². The van der Waals surface area contributed by atoms with Crippen LogP contribution in [0.4, 0.5) is 5.82 Å². The van der Waals surface area contributed by atoms with Gasteiger partial charge >= 0.3 is 0 Å². The predicted molar refractivity (Wildman–Crippen MR) is 112 cm³/mol. The molecule has 5 heteroatoms. The van der Waals surface area contributed by atoms with Gasteiger partial charge in [0, 0.05) is 18.0 Å². The molecule has 0 amide bonds. The van der Waals surface area contributed by atoms with Crippen LogP contribution in [0.3, 0.4) is 0 Å². The minimum Gasteiger partial charge on any atom is -0.507 e. The maximum Gasteiger partial charge on any atom is 0.165 e. The van der Waals surface area contributed by atoms with E-state index in [2.05, 4.69) is 43.1 Å². The number of phenols is 1. The lowest BCUT2D eigenvalue weighted by molar-refractivity contribution is 0.266. The molecule has 1 atom stereocenters. The van der Waals surface area contributed by atoms with Crippen LogP contribution in [0.15, 0.2) is 48.5 Å². The number of rotatable bonds is 7. The number of nitrogens with one attached hydrogen (secondary N) is 1. The summed E-state index contributed by atoms with van der Waals surface area (Å²) in [7, 11) is 4.22. The molecular formula is C22H28N4O. The molecular weight excluding hydrogens is 336 g/mol. The third-order valence-electron chi connectivity index (χ3n) is 4.73. The van der Waals surface area contributed by atoms with Crippen molar-refractivity contribution in [2.75, 3.05) is 26.0 Å². The normalized spacial score (nSPS) is 12.7. The van der Waals surface area contributed by atoms with E-state index in [4.69, 9.17) is 4.98 Å². The second-order valence-electron chi connectivity index (χ2n) is 7.56. The van der Waals surface area contributed by atoms with Gasteiger partial charge in [-0.2, -0.15) is 0 Å². The van der Waals surface area contributed by atoms with E-state index >= 15 is 0 Å². The molecule has 3 rings (SSSR count). The molecule has 2 aromatic carbocycles. The predicted octanol–water partition coefficient (Wildman–Crippen LogP) is 4.39. The van der Waals surface area contributed by atoms with E-state index in [1.807, 2.05) is 36.4 Å². The van der Waals surface area contributed by atoms with Crippen LogP contribution < -0.4 is 5.32 Å². The van der Waals surface area contributed by atoms with E-state index in [0.29, 0.717) is 23.3 Å². The molecule has 1 heterocycles. The van der Waals surface area contributed by atoms with Gasteiger partial charge in [0.25, 0.3) is 0 Å². The van der Waals surface area contributed by atoms with Gasteiger partial charge < -0.3 is 15.3 Å². The lowest BCUT2D eigenvalue weighted by Crippen LogP contribution is -2.35. The standard InChI is InChI=1S/C22H28N4O/c1-15(2)13-16(26(3)4)14-23-21-17-9-5-7-11-19(17)24-22(25-21)18-10-6-8-12-20(18)27/h5-12,15-16,27H,13-14H2,1-4H3,(H,23,24,25). The van der Waals surface area contributed by atoms with Crippen molar-refractivity contribution in [3.8, 4) is 17.1 Å². The highest BCUT2D eigenvalue weighted by molar-refractivity contribution is 5.90. The Morgan fingerprint density at radius 1 is 1.00 bits per heavy atom. The molecule has 0 radical (unpaired) electrons. The van der Waals surface area contributed by atoms with Crippen LogP contribution in [0.2, 0.25) is 0 Å². The lowest BCUT2D eigenvalue weighted by atomic mass is 10.0. The molecule has 3 aromatic rings. The minimum atomic E-state index is 0.185. The molecule has 0 fully saturated rings. The molecule has 142 valence electrons. The third-order valence-corrected chi connectivity index (χ3v) is 4.73. The van der Waals surface area contributed by atoms with Gasteiger partial charge in [-0.15, -0.1) is 0 Å². The van der Waals surface area contributed by atoms with Gasteiger partial charge in [0.15, 0.2) is 5.82 Å². The largest absolute Gasteiger partial charge is 0.507 e. The van der Waals surface area contributed by atoms with E-state index in [9.17, 15) is 5.11 Å². The molecule has 0 aliphatic rings. The first kappa shape index (κ1) is 19.1. The van der Waals surface area contributed by atoms with Crippen molar-refractivity contribution in [2.24, 2.45) is 5.92 Å². The molecule has 27 heavy (non-hydrogen) atoms. The Hall–Kier alpha value is -2.66. The fourth-order valence-corrected chi connectivity index (χ4v) is 3.23. The highest BCUT2D eigenvalue weighted by Gasteiger charge is 2.16. The zero-order valence-electron chi connectivity index (χ0n) is 16.5. The minimum absolute atomic E-state index is 0.185. The summed E-state index contributed by atoms with van der Waals surface area (Å²) in [6.07, 6.45) is 1.11. The SMILES string of the molecule is CC(C)CC(CNc1nc(-c2ccccc2O)nc2ccccc12)N(C)C. The summed E-state index contributed by atoms with van der Waals surface area (Å²) in [6, 6.07) is 15.5. The maximum absolute atomic E-state index is 10.2. The quantitative estimate of drug-likeness (QED) is 0.651. The maximum atomic E-state index is 10.2. The molecule has 0 saturated heterocycles.